The lowest BCUT2D eigenvalue weighted by Crippen LogP contribution is -2.39. The van der Waals surface area contributed by atoms with Gasteiger partial charge in [0.25, 0.3) is 0 Å². The lowest BCUT2D eigenvalue weighted by molar-refractivity contribution is -0.298. The first-order chi connectivity index (χ1) is 7.77. The number of hydrogen-bond donors (Lipinski definition) is 1. The molecule has 5 nitrogen and oxygen atoms in total. The fourth-order valence-corrected chi connectivity index (χ4v) is 1.95. The van der Waals surface area contributed by atoms with Gasteiger partial charge < -0.3 is 14.8 Å². The van der Waals surface area contributed by atoms with Gasteiger partial charge in [0.1, 0.15) is 6.67 Å². The molecule has 0 unspecified atom stereocenters. The first-order valence-electron chi connectivity index (χ1n) is 4.88. The first kappa shape index (κ1) is 8.96. The molecule has 1 aromatic carbocycles. The Kier molecular flexibility index (Phi) is 1.73. The number of nitrogens with one attached hydrogen (secondary N) is 1. The fourth-order valence-electron chi connectivity index (χ4n) is 1.95. The van der Waals surface area contributed by atoms with E-state index in [0.717, 1.165) is 11.3 Å². The van der Waals surface area contributed by atoms with Gasteiger partial charge in [-0.2, -0.15) is 5.10 Å². The predicted octanol–water partition coefficient (Wildman–Crippen LogP) is -0.486. The highest BCUT2D eigenvalue weighted by Crippen LogP contribution is 2.30. The molecule has 0 atom stereocenters. The molecule has 80 valence electrons. The molecule has 0 fully saturated rings. The van der Waals surface area contributed by atoms with E-state index in [9.17, 15) is 9.90 Å². The molecule has 2 aliphatic rings. The van der Waals surface area contributed by atoms with E-state index >= 15 is 0 Å². The topological polar surface area (TPSA) is 67.8 Å². The lowest BCUT2D eigenvalue weighted by Gasteiger charge is -2.27. The summed E-state index contributed by atoms with van der Waals surface area (Å²) in [5.74, 6) is -0.791. The molecule has 1 aromatic rings. The number of hydrazone groups is 1. The zero-order valence-electron chi connectivity index (χ0n) is 8.30. The number of carboxylic acid groups (broad SMARTS) is 1. The van der Waals surface area contributed by atoms with Crippen LogP contribution in [-0.4, -0.2) is 18.5 Å². The van der Waals surface area contributed by atoms with Gasteiger partial charge in [-0.15, -0.1) is 0 Å². The fraction of sp³-hybridized carbons (Fsp3) is 0.0909. The number of carbonyl (C=O) groups is 1. The maximum atomic E-state index is 11.0. The van der Waals surface area contributed by atoms with E-state index in [1.807, 2.05) is 29.2 Å². The zero-order valence-corrected chi connectivity index (χ0v) is 8.30. The molecule has 3 rings (SSSR count). The number of anilines is 1. The quantitative estimate of drug-likeness (QED) is 0.685. The summed E-state index contributed by atoms with van der Waals surface area (Å²) in [6.45, 7) is 0.483. The van der Waals surface area contributed by atoms with E-state index in [-0.39, 0.29) is 5.57 Å². The van der Waals surface area contributed by atoms with Crippen molar-refractivity contribution in [2.24, 2.45) is 5.10 Å². The van der Waals surface area contributed by atoms with Crippen LogP contribution in [0.25, 0.3) is 6.08 Å². The van der Waals surface area contributed by atoms with Gasteiger partial charge in [0.05, 0.1) is 11.7 Å². The molecule has 2 heterocycles. The molecule has 5 heteroatoms. The van der Waals surface area contributed by atoms with Crippen molar-refractivity contribution in [3.8, 4) is 0 Å². The summed E-state index contributed by atoms with van der Waals surface area (Å²) < 4.78 is 0. The van der Waals surface area contributed by atoms with Crippen LogP contribution in [0.2, 0.25) is 0 Å². The van der Waals surface area contributed by atoms with Crippen LogP contribution in [0.15, 0.2) is 34.9 Å². The minimum Gasteiger partial charge on any atom is -0.545 e. The van der Waals surface area contributed by atoms with Gasteiger partial charge >= 0.3 is 0 Å². The maximum absolute atomic E-state index is 11.0. The Hall–Kier alpha value is -2.30. The molecule has 0 aromatic heterocycles. The molecule has 0 bridgehead atoms. The molecule has 0 radical (unpaired) electrons. The number of hydrogen-bond acceptors (Lipinski definition) is 5. The SMILES string of the molecule is O=C([O-])C1=Cc2ccccc2N2CNN=C12. The van der Waals surface area contributed by atoms with Gasteiger partial charge in [-0.1, -0.05) is 18.2 Å². The van der Waals surface area contributed by atoms with E-state index in [2.05, 4.69) is 10.5 Å². The van der Waals surface area contributed by atoms with Crippen molar-refractivity contribution in [1.82, 2.24) is 5.43 Å². The van der Waals surface area contributed by atoms with Gasteiger partial charge in [-0.25, -0.2) is 0 Å². The second kappa shape index (κ2) is 3.10. The highest BCUT2D eigenvalue weighted by molar-refractivity contribution is 6.29. The van der Waals surface area contributed by atoms with Crippen LogP contribution in [0.5, 0.6) is 0 Å². The Bertz CT molecular complexity index is 534. The molecule has 0 amide bonds. The number of benzene rings is 1. The molecule has 1 N–H and O–H groups in total. The van der Waals surface area contributed by atoms with E-state index in [0.29, 0.717) is 12.5 Å². The van der Waals surface area contributed by atoms with Gasteiger partial charge in [0, 0.05) is 5.57 Å². The number of fused-ring (bicyclic) bond motifs is 3. The molecule has 0 aliphatic carbocycles. The Morgan fingerprint density at radius 1 is 1.44 bits per heavy atom. The molecule has 16 heavy (non-hydrogen) atoms. The summed E-state index contributed by atoms with van der Waals surface area (Å²) in [7, 11) is 0. The third-order valence-electron chi connectivity index (χ3n) is 2.66. The Labute approximate surface area is 91.7 Å². The number of para-hydroxylation sites is 1. The van der Waals surface area contributed by atoms with Crippen molar-refractivity contribution in [2.45, 2.75) is 0 Å². The van der Waals surface area contributed by atoms with Gasteiger partial charge in [-0.3, -0.25) is 5.43 Å². The summed E-state index contributed by atoms with van der Waals surface area (Å²) in [5.41, 5.74) is 4.71. The Morgan fingerprint density at radius 2 is 2.25 bits per heavy atom. The van der Waals surface area contributed by atoms with Crippen molar-refractivity contribution < 1.29 is 9.90 Å². The zero-order chi connectivity index (χ0) is 11.1. The number of amidine groups is 1. The van der Waals surface area contributed by atoms with Crippen LogP contribution >= 0.6 is 0 Å². The number of rotatable bonds is 1. The number of carbonyl (C=O) groups excluding carboxylic acids is 1. The second-order valence-corrected chi connectivity index (χ2v) is 3.58. The lowest BCUT2D eigenvalue weighted by atomic mass is 10.0. The van der Waals surface area contributed by atoms with Crippen molar-refractivity contribution >= 4 is 23.6 Å². The van der Waals surface area contributed by atoms with Gasteiger partial charge in [0.2, 0.25) is 0 Å². The molecule has 2 aliphatic heterocycles. The van der Waals surface area contributed by atoms with E-state index in [4.69, 9.17) is 0 Å². The van der Waals surface area contributed by atoms with Crippen LogP contribution in [0.4, 0.5) is 5.69 Å². The number of aliphatic carboxylic acids is 1. The van der Waals surface area contributed by atoms with Crippen LogP contribution in [0.1, 0.15) is 5.56 Å². The van der Waals surface area contributed by atoms with E-state index < -0.39 is 5.97 Å². The third-order valence-corrected chi connectivity index (χ3v) is 2.66. The van der Waals surface area contributed by atoms with Crippen LogP contribution in [0.3, 0.4) is 0 Å². The van der Waals surface area contributed by atoms with Crippen molar-refractivity contribution in [2.75, 3.05) is 11.6 Å². The highest BCUT2D eigenvalue weighted by Gasteiger charge is 2.28. The predicted molar refractivity (Wildman–Crippen MR) is 57.3 cm³/mol. The molecule has 0 saturated carbocycles. The summed E-state index contributed by atoms with van der Waals surface area (Å²) in [6, 6.07) is 7.58. The summed E-state index contributed by atoms with van der Waals surface area (Å²) >= 11 is 0. The average Bonchev–Trinajstić information content (AvgIpc) is 2.76. The number of carboxylic acids is 1. The van der Waals surface area contributed by atoms with Crippen molar-refractivity contribution in [3.05, 3.63) is 35.4 Å². The molecule has 0 saturated heterocycles. The monoisotopic (exact) mass is 214 g/mol. The largest absolute Gasteiger partial charge is 0.545 e. The molecule has 0 spiro atoms. The third kappa shape index (κ3) is 1.11. The highest BCUT2D eigenvalue weighted by atomic mass is 16.4. The number of nitrogens with zero attached hydrogens (tertiary/aromatic N) is 2. The van der Waals surface area contributed by atoms with Gasteiger partial charge in [0.15, 0.2) is 5.84 Å². The van der Waals surface area contributed by atoms with E-state index in [1.54, 1.807) is 6.08 Å². The van der Waals surface area contributed by atoms with Crippen LogP contribution in [0, 0.1) is 0 Å². The van der Waals surface area contributed by atoms with E-state index in [1.165, 1.54) is 0 Å². The Morgan fingerprint density at radius 3 is 3.06 bits per heavy atom. The summed E-state index contributed by atoms with van der Waals surface area (Å²) in [6.07, 6.45) is 1.59. The van der Waals surface area contributed by atoms with Gasteiger partial charge in [-0.05, 0) is 17.7 Å². The second-order valence-electron chi connectivity index (χ2n) is 3.58. The summed E-state index contributed by atoms with van der Waals surface area (Å²) in [5, 5.41) is 15.0. The van der Waals surface area contributed by atoms with Crippen molar-refractivity contribution in [1.29, 1.82) is 0 Å². The average molecular weight is 214 g/mol. The minimum atomic E-state index is -1.21. The molecular formula is C11H8N3O2-. The van der Waals surface area contributed by atoms with Crippen LogP contribution < -0.4 is 15.4 Å². The normalized spacial score (nSPS) is 16.9. The summed E-state index contributed by atoms with van der Waals surface area (Å²) in [4.78, 5) is 12.8. The smallest absolute Gasteiger partial charge is 0.163 e. The van der Waals surface area contributed by atoms with Crippen LogP contribution in [-0.2, 0) is 4.79 Å². The standard InChI is InChI=1S/C11H9N3O2/c15-11(16)8-5-7-3-1-2-4-9(7)14-6-12-13-10(8)14/h1-5,12H,6H2,(H,15,16)/p-1. The molecular weight excluding hydrogens is 206 g/mol. The Balaban J connectivity index is 2.23. The van der Waals surface area contributed by atoms with Crippen molar-refractivity contribution in [3.63, 3.8) is 0 Å². The maximum Gasteiger partial charge on any atom is 0.163 e. The minimum absolute atomic E-state index is 0.115. The first-order valence-corrected chi connectivity index (χ1v) is 4.88.